The van der Waals surface area contributed by atoms with E-state index >= 15 is 0 Å². The summed E-state index contributed by atoms with van der Waals surface area (Å²) in [6.07, 6.45) is 1.89. The van der Waals surface area contributed by atoms with Gasteiger partial charge in [-0.2, -0.15) is 0 Å². The Morgan fingerprint density at radius 3 is 2.53 bits per heavy atom. The van der Waals surface area contributed by atoms with Gasteiger partial charge in [0.2, 0.25) is 0 Å². The van der Waals surface area contributed by atoms with E-state index in [2.05, 4.69) is 53.7 Å². The molecule has 0 saturated heterocycles. The molecule has 0 aliphatic heterocycles. The fourth-order valence-electron chi connectivity index (χ4n) is 2.17. The van der Waals surface area contributed by atoms with Crippen LogP contribution in [0, 0.1) is 13.8 Å². The molecular formula is C15H20ClN3. The second kappa shape index (κ2) is 5.76. The van der Waals surface area contributed by atoms with E-state index in [0.717, 1.165) is 35.2 Å². The standard InChI is InChI=1S/C15H20ClN3/c1-11-8-17-12(2)19(11)10-14-6-5-13(7-15(14)16)9-18(3)4/h5-8H,9-10H2,1-4H3. The summed E-state index contributed by atoms with van der Waals surface area (Å²) in [5.74, 6) is 1.02. The Labute approximate surface area is 119 Å². The van der Waals surface area contributed by atoms with Crippen molar-refractivity contribution in [2.24, 2.45) is 0 Å². The van der Waals surface area contributed by atoms with Gasteiger partial charge in [0.05, 0.1) is 6.54 Å². The lowest BCUT2D eigenvalue weighted by Crippen LogP contribution is -2.11. The van der Waals surface area contributed by atoms with Crippen molar-refractivity contribution in [2.75, 3.05) is 14.1 Å². The highest BCUT2D eigenvalue weighted by molar-refractivity contribution is 6.31. The monoisotopic (exact) mass is 277 g/mol. The van der Waals surface area contributed by atoms with E-state index in [1.54, 1.807) is 0 Å². The first-order valence-electron chi connectivity index (χ1n) is 6.38. The molecule has 0 unspecified atom stereocenters. The van der Waals surface area contributed by atoms with Crippen LogP contribution in [-0.4, -0.2) is 28.5 Å². The molecule has 0 spiro atoms. The van der Waals surface area contributed by atoms with E-state index < -0.39 is 0 Å². The smallest absolute Gasteiger partial charge is 0.106 e. The van der Waals surface area contributed by atoms with Crippen LogP contribution in [0.1, 0.15) is 22.6 Å². The molecule has 102 valence electrons. The zero-order valence-corrected chi connectivity index (χ0v) is 12.7. The molecule has 0 N–H and O–H groups in total. The SMILES string of the molecule is Cc1cnc(C)n1Cc1ccc(CN(C)C)cc1Cl. The van der Waals surface area contributed by atoms with E-state index in [0.29, 0.717) is 0 Å². The lowest BCUT2D eigenvalue weighted by molar-refractivity contribution is 0.402. The van der Waals surface area contributed by atoms with E-state index in [1.807, 2.05) is 13.1 Å². The second-order valence-electron chi connectivity index (χ2n) is 5.20. The van der Waals surface area contributed by atoms with Crippen LogP contribution in [0.2, 0.25) is 5.02 Å². The van der Waals surface area contributed by atoms with Crippen LogP contribution in [-0.2, 0) is 13.1 Å². The summed E-state index contributed by atoms with van der Waals surface area (Å²) in [4.78, 5) is 6.45. The quantitative estimate of drug-likeness (QED) is 0.855. The molecule has 0 amide bonds. The van der Waals surface area contributed by atoms with Gasteiger partial charge in [-0.05, 0) is 45.1 Å². The highest BCUT2D eigenvalue weighted by atomic mass is 35.5. The third-order valence-corrected chi connectivity index (χ3v) is 3.55. The molecule has 0 fully saturated rings. The van der Waals surface area contributed by atoms with E-state index in [4.69, 9.17) is 11.6 Å². The summed E-state index contributed by atoms with van der Waals surface area (Å²) in [5, 5.41) is 0.826. The number of nitrogens with zero attached hydrogens (tertiary/aromatic N) is 3. The highest BCUT2D eigenvalue weighted by Gasteiger charge is 2.07. The molecule has 2 aromatic rings. The molecule has 1 aromatic carbocycles. The topological polar surface area (TPSA) is 21.1 Å². The molecule has 0 bridgehead atoms. The molecule has 1 aromatic heterocycles. The minimum atomic E-state index is 0.777. The first kappa shape index (κ1) is 14.1. The number of hydrogen-bond donors (Lipinski definition) is 0. The predicted octanol–water partition coefficient (Wildman–Crippen LogP) is 3.26. The lowest BCUT2D eigenvalue weighted by Gasteiger charge is -2.13. The van der Waals surface area contributed by atoms with Crippen LogP contribution in [0.5, 0.6) is 0 Å². The van der Waals surface area contributed by atoms with Crippen LogP contribution < -0.4 is 0 Å². The van der Waals surface area contributed by atoms with Crippen molar-refractivity contribution in [3.63, 3.8) is 0 Å². The number of imidazole rings is 1. The zero-order valence-electron chi connectivity index (χ0n) is 11.9. The van der Waals surface area contributed by atoms with Crippen molar-refractivity contribution >= 4 is 11.6 Å². The first-order valence-corrected chi connectivity index (χ1v) is 6.76. The van der Waals surface area contributed by atoms with Gasteiger partial charge >= 0.3 is 0 Å². The summed E-state index contributed by atoms with van der Waals surface area (Å²) in [6, 6.07) is 6.31. The van der Waals surface area contributed by atoms with Crippen molar-refractivity contribution in [3.8, 4) is 0 Å². The van der Waals surface area contributed by atoms with Gasteiger partial charge in [-0.1, -0.05) is 23.7 Å². The number of benzene rings is 1. The Bertz CT molecular complexity index is 553. The maximum atomic E-state index is 6.38. The predicted molar refractivity (Wildman–Crippen MR) is 79.6 cm³/mol. The van der Waals surface area contributed by atoms with Gasteiger partial charge in [-0.15, -0.1) is 0 Å². The van der Waals surface area contributed by atoms with Gasteiger partial charge in [0.15, 0.2) is 0 Å². The van der Waals surface area contributed by atoms with Crippen LogP contribution in [0.25, 0.3) is 0 Å². The Hall–Kier alpha value is -1.32. The van der Waals surface area contributed by atoms with E-state index in [9.17, 15) is 0 Å². The molecule has 0 aliphatic carbocycles. The molecule has 0 radical (unpaired) electrons. The van der Waals surface area contributed by atoms with Crippen molar-refractivity contribution in [3.05, 3.63) is 52.1 Å². The summed E-state index contributed by atoms with van der Waals surface area (Å²) in [5.41, 5.74) is 3.53. The Balaban J connectivity index is 2.22. The first-order chi connectivity index (χ1) is 8.97. The van der Waals surface area contributed by atoms with Crippen LogP contribution in [0.3, 0.4) is 0 Å². The maximum absolute atomic E-state index is 6.38. The van der Waals surface area contributed by atoms with Crippen LogP contribution in [0.4, 0.5) is 0 Å². The number of aromatic nitrogens is 2. The summed E-state index contributed by atoms with van der Waals surface area (Å²) >= 11 is 6.38. The average molecular weight is 278 g/mol. The number of rotatable bonds is 4. The number of hydrogen-bond acceptors (Lipinski definition) is 2. The summed E-state index contributed by atoms with van der Waals surface area (Å²) < 4.78 is 2.17. The Morgan fingerprint density at radius 2 is 2.00 bits per heavy atom. The fourth-order valence-corrected chi connectivity index (χ4v) is 2.44. The lowest BCUT2D eigenvalue weighted by atomic mass is 10.1. The zero-order chi connectivity index (χ0) is 14.0. The van der Waals surface area contributed by atoms with E-state index in [-0.39, 0.29) is 0 Å². The molecule has 2 rings (SSSR count). The summed E-state index contributed by atoms with van der Waals surface area (Å²) in [7, 11) is 4.11. The molecule has 0 saturated carbocycles. The Kier molecular flexibility index (Phi) is 4.27. The molecular weight excluding hydrogens is 258 g/mol. The van der Waals surface area contributed by atoms with Gasteiger partial charge in [-0.25, -0.2) is 4.98 Å². The van der Waals surface area contributed by atoms with Gasteiger partial charge in [0.25, 0.3) is 0 Å². The van der Waals surface area contributed by atoms with Crippen molar-refractivity contribution < 1.29 is 0 Å². The Morgan fingerprint density at radius 1 is 1.26 bits per heavy atom. The van der Waals surface area contributed by atoms with Crippen LogP contribution in [0.15, 0.2) is 24.4 Å². The average Bonchev–Trinajstić information content (AvgIpc) is 2.63. The van der Waals surface area contributed by atoms with E-state index in [1.165, 1.54) is 5.56 Å². The third-order valence-electron chi connectivity index (χ3n) is 3.20. The minimum Gasteiger partial charge on any atom is -0.328 e. The molecule has 1 heterocycles. The summed E-state index contributed by atoms with van der Waals surface area (Å²) in [6.45, 7) is 5.76. The van der Waals surface area contributed by atoms with Crippen molar-refractivity contribution in [1.82, 2.24) is 14.5 Å². The van der Waals surface area contributed by atoms with Gasteiger partial charge in [-0.3, -0.25) is 0 Å². The second-order valence-corrected chi connectivity index (χ2v) is 5.60. The van der Waals surface area contributed by atoms with Crippen molar-refractivity contribution in [1.29, 1.82) is 0 Å². The van der Waals surface area contributed by atoms with Gasteiger partial charge in [0.1, 0.15) is 5.82 Å². The van der Waals surface area contributed by atoms with Gasteiger partial charge in [0, 0.05) is 23.5 Å². The normalized spacial score (nSPS) is 11.3. The maximum Gasteiger partial charge on any atom is 0.106 e. The highest BCUT2D eigenvalue weighted by Crippen LogP contribution is 2.21. The van der Waals surface area contributed by atoms with Gasteiger partial charge < -0.3 is 9.47 Å². The molecule has 3 nitrogen and oxygen atoms in total. The third kappa shape index (κ3) is 3.37. The molecule has 0 atom stereocenters. The molecule has 19 heavy (non-hydrogen) atoms. The van der Waals surface area contributed by atoms with Crippen LogP contribution >= 0.6 is 11.6 Å². The molecule has 4 heteroatoms. The molecule has 0 aliphatic rings. The number of halogens is 1. The fraction of sp³-hybridized carbons (Fsp3) is 0.400. The minimum absolute atomic E-state index is 0.777. The largest absolute Gasteiger partial charge is 0.328 e. The van der Waals surface area contributed by atoms with Crippen molar-refractivity contribution in [2.45, 2.75) is 26.9 Å². The number of aryl methyl sites for hydroxylation is 2.